The zero-order valence-electron chi connectivity index (χ0n) is 45.2. The number of hydrogen-bond donors (Lipinski definition) is 4. The van der Waals surface area contributed by atoms with Crippen LogP contribution < -0.4 is 25.8 Å². The Labute approximate surface area is 516 Å². The van der Waals surface area contributed by atoms with Crippen molar-refractivity contribution in [2.75, 3.05) is 13.2 Å². The van der Waals surface area contributed by atoms with Gasteiger partial charge in [0.15, 0.2) is 12.4 Å². The molecule has 446 valence electrons. The van der Waals surface area contributed by atoms with Crippen molar-refractivity contribution in [1.82, 2.24) is 25.6 Å². The van der Waals surface area contributed by atoms with E-state index in [9.17, 15) is 31.5 Å². The molecule has 2 aliphatic carbocycles. The Morgan fingerprint density at radius 2 is 1.06 bits per heavy atom. The van der Waals surface area contributed by atoms with Crippen LogP contribution in [0.4, 0.5) is 22.0 Å². The average Bonchev–Trinajstić information content (AvgIpc) is 3.67. The maximum atomic E-state index is 13.2. The van der Waals surface area contributed by atoms with Gasteiger partial charge >= 0.3 is 12.1 Å². The summed E-state index contributed by atoms with van der Waals surface area (Å²) < 4.78 is 68.6. The molecule has 10 rings (SSSR count). The Bertz CT molecular complexity index is 3460. The second-order valence-electron chi connectivity index (χ2n) is 19.8. The number of pyridine rings is 3. The van der Waals surface area contributed by atoms with Gasteiger partial charge in [-0.3, -0.25) is 24.5 Å². The third-order valence-corrected chi connectivity index (χ3v) is 15.1. The molecule has 3 heterocycles. The number of carbonyl (C=O) groups is 3. The standard InChI is InChI=1S/C25H25Cl2FN2O2.C14H18ClFN2O2.C10H7BrClN.C10H8ClN.C2HF3O2/c26-18-4-10-25-17(12-18)3-7-20(30-25)14-29-19-5-1-16(2-6-19)11-21(31)15-32-22-8-9-24(28)23(27)13-22;15-12-7-11(5-6-13(12)16)20-8-14(19)18-10-3-1-9(17)2-4-10;11-6-9-3-1-7-5-8(12)2-4-10(7)13-9;1-7-2-3-8-6-9(11)4-5-10(8)12-7;3-2(4,5)1(6)7/h3-4,7-10,12-13,16,19,29H,1-2,5-6,11,14-15H2;5-7,9-10H,1-4,8,17H2,(H,18,19);1-5H,6H2;2-6H,1H3;(H,6,7). The number of fused-ring (bicyclic) bond motifs is 3. The maximum Gasteiger partial charge on any atom is 0.490 e. The van der Waals surface area contributed by atoms with Crippen molar-refractivity contribution in [2.24, 2.45) is 11.7 Å². The molecule has 84 heavy (non-hydrogen) atoms. The van der Waals surface area contributed by atoms with Crippen LogP contribution in [-0.4, -0.2) is 75.2 Å². The second-order valence-corrected chi connectivity index (χ2v) is 22.4. The molecule has 8 aromatic rings. The van der Waals surface area contributed by atoms with E-state index in [1.165, 1.54) is 36.4 Å². The number of amides is 1. The number of Topliss-reactive ketones (excluding diaryl/α,β-unsaturated/α-hetero) is 1. The van der Waals surface area contributed by atoms with E-state index in [1.54, 1.807) is 0 Å². The Morgan fingerprint density at radius 1 is 0.607 bits per heavy atom. The number of benzene rings is 5. The van der Waals surface area contributed by atoms with Crippen LogP contribution in [0.15, 0.2) is 127 Å². The molecule has 0 spiro atoms. The lowest BCUT2D eigenvalue weighted by Crippen LogP contribution is -2.42. The number of carboxylic acid groups (broad SMARTS) is 1. The minimum Gasteiger partial charge on any atom is -0.486 e. The predicted octanol–water partition coefficient (Wildman–Crippen LogP) is 16.2. The van der Waals surface area contributed by atoms with Crippen molar-refractivity contribution in [1.29, 1.82) is 0 Å². The highest BCUT2D eigenvalue weighted by molar-refractivity contribution is 9.08. The summed E-state index contributed by atoms with van der Waals surface area (Å²) in [4.78, 5) is 46.4. The molecule has 0 saturated heterocycles. The number of ether oxygens (including phenoxy) is 2. The number of carbonyl (C=O) groups excluding carboxylic acids is 2. The van der Waals surface area contributed by atoms with Crippen molar-refractivity contribution in [3.05, 3.63) is 181 Å². The first kappa shape index (κ1) is 67.2. The molecule has 1 amide bonds. The minimum absolute atomic E-state index is 0.0101. The molecule has 2 fully saturated rings. The number of aryl methyl sites for hydroxylation is 1. The smallest absolute Gasteiger partial charge is 0.486 e. The van der Waals surface area contributed by atoms with Gasteiger partial charge < -0.3 is 30.9 Å². The topological polar surface area (TPSA) is 179 Å². The molecule has 3 aromatic heterocycles. The van der Waals surface area contributed by atoms with E-state index >= 15 is 0 Å². The summed E-state index contributed by atoms with van der Waals surface area (Å²) >= 11 is 32.5. The molecule has 0 radical (unpaired) electrons. The number of ketones is 1. The van der Waals surface area contributed by atoms with E-state index in [0.717, 1.165) is 123 Å². The molecular formula is C61H59BrCl5F5N6O6. The van der Waals surface area contributed by atoms with Crippen molar-refractivity contribution in [2.45, 2.75) is 101 Å². The van der Waals surface area contributed by atoms with Gasteiger partial charge in [0.1, 0.15) is 29.7 Å². The van der Waals surface area contributed by atoms with Gasteiger partial charge in [-0.1, -0.05) is 92.1 Å². The number of rotatable bonds is 13. The number of nitrogens with zero attached hydrogens (tertiary/aromatic N) is 3. The molecule has 12 nitrogen and oxygen atoms in total. The number of hydrogen-bond acceptors (Lipinski definition) is 10. The van der Waals surface area contributed by atoms with Crippen LogP contribution >= 0.6 is 73.9 Å². The fourth-order valence-corrected chi connectivity index (χ4v) is 10.0. The van der Waals surface area contributed by atoms with Crippen LogP contribution in [-0.2, 0) is 26.3 Å². The van der Waals surface area contributed by atoms with Crippen molar-refractivity contribution < 1.29 is 50.9 Å². The van der Waals surface area contributed by atoms with Crippen LogP contribution in [0.3, 0.4) is 0 Å². The van der Waals surface area contributed by atoms with Crippen molar-refractivity contribution in [3.8, 4) is 11.5 Å². The number of aromatic nitrogens is 3. The number of nitrogens with two attached hydrogens (primary N) is 1. The highest BCUT2D eigenvalue weighted by atomic mass is 79.9. The lowest BCUT2D eigenvalue weighted by atomic mass is 9.83. The number of alkyl halides is 4. The zero-order chi connectivity index (χ0) is 60.9. The Kier molecular flexibility index (Phi) is 26.5. The van der Waals surface area contributed by atoms with Crippen LogP contribution in [0.1, 0.15) is 74.9 Å². The van der Waals surface area contributed by atoms with Crippen molar-refractivity contribution >= 4 is 124 Å². The van der Waals surface area contributed by atoms with E-state index in [-0.39, 0.29) is 47.0 Å². The Balaban J connectivity index is 0.000000185. The quantitative estimate of drug-likeness (QED) is 0.0638. The number of nitrogens with one attached hydrogen (secondary N) is 2. The summed E-state index contributed by atoms with van der Waals surface area (Å²) in [5.41, 5.74) is 11.8. The Morgan fingerprint density at radius 3 is 1.55 bits per heavy atom. The largest absolute Gasteiger partial charge is 0.490 e. The van der Waals surface area contributed by atoms with Gasteiger partial charge in [0, 0.05) is 85.5 Å². The van der Waals surface area contributed by atoms with E-state index in [2.05, 4.69) is 42.6 Å². The van der Waals surface area contributed by atoms with Crippen LogP contribution in [0.25, 0.3) is 32.7 Å². The molecule has 0 bridgehead atoms. The van der Waals surface area contributed by atoms with Gasteiger partial charge in [-0.2, -0.15) is 13.2 Å². The summed E-state index contributed by atoms with van der Waals surface area (Å²) in [6, 6.07) is 38.2. The second kappa shape index (κ2) is 33.1. The van der Waals surface area contributed by atoms with Crippen LogP contribution in [0.2, 0.25) is 25.1 Å². The first-order chi connectivity index (χ1) is 40.0. The molecule has 5 aromatic carbocycles. The summed E-state index contributed by atoms with van der Waals surface area (Å²) in [6.45, 7) is 2.58. The van der Waals surface area contributed by atoms with E-state index < -0.39 is 23.8 Å². The molecule has 0 aliphatic heterocycles. The summed E-state index contributed by atoms with van der Waals surface area (Å²) in [5.74, 6) is -2.75. The summed E-state index contributed by atoms with van der Waals surface area (Å²) in [5, 5.41) is 19.8. The van der Waals surface area contributed by atoms with Gasteiger partial charge in [0.25, 0.3) is 5.91 Å². The molecule has 0 unspecified atom stereocenters. The fraction of sp³-hybridized carbons (Fsp3) is 0.311. The van der Waals surface area contributed by atoms with E-state index in [1.807, 2.05) is 91.9 Å². The third kappa shape index (κ3) is 22.8. The molecule has 2 aliphatic rings. The first-order valence-electron chi connectivity index (χ1n) is 26.4. The lowest BCUT2D eigenvalue weighted by molar-refractivity contribution is -0.192. The van der Waals surface area contributed by atoms with Gasteiger partial charge in [-0.25, -0.2) is 13.6 Å². The van der Waals surface area contributed by atoms with Gasteiger partial charge in [-0.05, 0) is 161 Å². The molecular weight excluding hydrogens is 1260 g/mol. The minimum atomic E-state index is -5.08. The number of carboxylic acids is 1. The van der Waals surface area contributed by atoms with Crippen LogP contribution in [0.5, 0.6) is 11.5 Å². The van der Waals surface area contributed by atoms with Gasteiger partial charge in [0.2, 0.25) is 0 Å². The number of aliphatic carboxylic acids is 1. The SMILES string of the molecule is Cc1ccc2cc(Cl)ccc2n1.Clc1ccc2nc(CBr)ccc2c1.NC1CCC(NC(=O)COc2ccc(F)c(Cl)c2)CC1.O=C(COc1ccc(F)c(Cl)c1)CC1CCC(NCc2ccc3cc(Cl)ccc3n2)CC1.O=C(O)C(F)(F)F. The highest BCUT2D eigenvalue weighted by Crippen LogP contribution is 2.29. The van der Waals surface area contributed by atoms with Gasteiger partial charge in [-0.15, -0.1) is 0 Å². The average molecular weight is 1320 g/mol. The summed E-state index contributed by atoms with van der Waals surface area (Å²) in [7, 11) is 0. The molecule has 2 saturated carbocycles. The molecule has 5 N–H and O–H groups in total. The first-order valence-corrected chi connectivity index (χ1v) is 29.5. The van der Waals surface area contributed by atoms with Crippen LogP contribution in [0, 0.1) is 24.5 Å². The van der Waals surface area contributed by atoms with E-state index in [4.69, 9.17) is 88.1 Å². The zero-order valence-corrected chi connectivity index (χ0v) is 50.6. The third-order valence-electron chi connectivity index (χ3n) is 13.2. The maximum absolute atomic E-state index is 13.2. The predicted molar refractivity (Wildman–Crippen MR) is 326 cm³/mol. The molecule has 0 atom stereocenters. The normalized spacial score (nSPS) is 16.5. The van der Waals surface area contributed by atoms with Gasteiger partial charge in [0.05, 0.1) is 38.0 Å². The van der Waals surface area contributed by atoms with E-state index in [0.29, 0.717) is 34.9 Å². The lowest BCUT2D eigenvalue weighted by Gasteiger charge is -2.29. The fourth-order valence-electron chi connectivity index (χ4n) is 8.83. The number of halogens is 11. The molecule has 23 heteroatoms. The monoisotopic (exact) mass is 1320 g/mol. The summed E-state index contributed by atoms with van der Waals surface area (Å²) in [6.07, 6.45) is 3.18. The highest BCUT2D eigenvalue weighted by Gasteiger charge is 2.38. The Hall–Kier alpha value is -5.96. The van der Waals surface area contributed by atoms with Crippen molar-refractivity contribution in [3.63, 3.8) is 0 Å².